The molecule has 2 amide bonds. The van der Waals surface area contributed by atoms with Crippen molar-refractivity contribution in [3.63, 3.8) is 0 Å². The van der Waals surface area contributed by atoms with Crippen LogP contribution >= 0.6 is 11.3 Å². The lowest BCUT2D eigenvalue weighted by atomic mass is 10.3. The SMILES string of the molecule is COCCNC(=O)CN1CCN(C(=O)c2csc(NC(C)C)n2)CC1. The van der Waals surface area contributed by atoms with Gasteiger partial charge in [0, 0.05) is 51.3 Å². The van der Waals surface area contributed by atoms with Crippen molar-refractivity contribution in [2.45, 2.75) is 19.9 Å². The minimum Gasteiger partial charge on any atom is -0.383 e. The molecular formula is C16H27N5O3S. The first kappa shape index (κ1) is 19.6. The maximum atomic E-state index is 12.5. The number of nitrogens with one attached hydrogen (secondary N) is 2. The Hall–Kier alpha value is -1.71. The topological polar surface area (TPSA) is 86.8 Å². The molecule has 1 aliphatic rings. The van der Waals surface area contributed by atoms with Gasteiger partial charge >= 0.3 is 0 Å². The Morgan fingerprint density at radius 1 is 1.32 bits per heavy atom. The number of methoxy groups -OCH3 is 1. The Morgan fingerprint density at radius 3 is 2.68 bits per heavy atom. The van der Waals surface area contributed by atoms with Crippen LogP contribution in [0.2, 0.25) is 0 Å². The highest BCUT2D eigenvalue weighted by atomic mass is 32.1. The first-order valence-corrected chi connectivity index (χ1v) is 9.37. The quantitative estimate of drug-likeness (QED) is 0.649. The summed E-state index contributed by atoms with van der Waals surface area (Å²) in [6, 6.07) is 0.285. The Balaban J connectivity index is 1.76. The van der Waals surface area contributed by atoms with Gasteiger partial charge in [-0.1, -0.05) is 0 Å². The molecule has 0 aromatic carbocycles. The number of hydrogen-bond acceptors (Lipinski definition) is 7. The van der Waals surface area contributed by atoms with Gasteiger partial charge in [-0.05, 0) is 13.8 Å². The van der Waals surface area contributed by atoms with Crippen LogP contribution in [0.15, 0.2) is 5.38 Å². The van der Waals surface area contributed by atoms with E-state index >= 15 is 0 Å². The van der Waals surface area contributed by atoms with Crippen LogP contribution in [0.5, 0.6) is 0 Å². The van der Waals surface area contributed by atoms with E-state index in [0.29, 0.717) is 51.6 Å². The molecule has 1 aliphatic heterocycles. The molecule has 0 unspecified atom stereocenters. The van der Waals surface area contributed by atoms with Gasteiger partial charge in [-0.3, -0.25) is 14.5 Å². The number of anilines is 1. The molecule has 0 spiro atoms. The minimum atomic E-state index is -0.0442. The van der Waals surface area contributed by atoms with E-state index < -0.39 is 0 Å². The zero-order valence-corrected chi connectivity index (χ0v) is 15.9. The summed E-state index contributed by atoms with van der Waals surface area (Å²) >= 11 is 1.45. The van der Waals surface area contributed by atoms with Crippen molar-refractivity contribution in [2.24, 2.45) is 0 Å². The molecule has 0 saturated carbocycles. The number of amides is 2. The van der Waals surface area contributed by atoms with Gasteiger partial charge in [0.25, 0.3) is 5.91 Å². The average molecular weight is 369 g/mol. The lowest BCUT2D eigenvalue weighted by Gasteiger charge is -2.33. The highest BCUT2D eigenvalue weighted by molar-refractivity contribution is 7.13. The summed E-state index contributed by atoms with van der Waals surface area (Å²) < 4.78 is 4.91. The molecule has 1 saturated heterocycles. The molecule has 8 nitrogen and oxygen atoms in total. The van der Waals surface area contributed by atoms with Crippen LogP contribution in [0.25, 0.3) is 0 Å². The lowest BCUT2D eigenvalue weighted by molar-refractivity contribution is -0.122. The van der Waals surface area contributed by atoms with Crippen molar-refractivity contribution in [2.75, 3.05) is 58.3 Å². The van der Waals surface area contributed by atoms with Gasteiger partial charge in [-0.15, -0.1) is 11.3 Å². The van der Waals surface area contributed by atoms with E-state index in [1.165, 1.54) is 11.3 Å². The Kier molecular flexibility index (Phi) is 7.60. The summed E-state index contributed by atoms with van der Waals surface area (Å²) in [4.78, 5) is 32.6. The number of thiazole rings is 1. The van der Waals surface area contributed by atoms with E-state index in [1.54, 1.807) is 17.4 Å². The molecule has 2 heterocycles. The smallest absolute Gasteiger partial charge is 0.273 e. The van der Waals surface area contributed by atoms with Crippen LogP contribution in [0.3, 0.4) is 0 Å². The van der Waals surface area contributed by atoms with Crippen LogP contribution in [0.4, 0.5) is 5.13 Å². The van der Waals surface area contributed by atoms with Gasteiger partial charge in [-0.25, -0.2) is 4.98 Å². The summed E-state index contributed by atoms with van der Waals surface area (Å²) in [6.07, 6.45) is 0. The number of hydrogen-bond donors (Lipinski definition) is 2. The van der Waals surface area contributed by atoms with Crippen LogP contribution in [0, 0.1) is 0 Å². The standard InChI is InChI=1S/C16H27N5O3S/c1-12(2)18-16-19-13(11-25-16)15(23)21-7-5-20(6-8-21)10-14(22)17-4-9-24-3/h11-12H,4-10H2,1-3H3,(H,17,22)(H,18,19). The molecule has 0 radical (unpaired) electrons. The van der Waals surface area contributed by atoms with Crippen molar-refractivity contribution >= 4 is 28.3 Å². The molecule has 0 aliphatic carbocycles. The molecule has 0 atom stereocenters. The van der Waals surface area contributed by atoms with E-state index in [2.05, 4.69) is 20.5 Å². The summed E-state index contributed by atoms with van der Waals surface area (Å²) in [6.45, 7) is 8.03. The summed E-state index contributed by atoms with van der Waals surface area (Å²) in [7, 11) is 1.60. The lowest BCUT2D eigenvalue weighted by Crippen LogP contribution is -2.51. The molecule has 1 aromatic heterocycles. The van der Waals surface area contributed by atoms with Crippen LogP contribution in [-0.2, 0) is 9.53 Å². The van der Waals surface area contributed by atoms with Crippen LogP contribution in [0.1, 0.15) is 24.3 Å². The van der Waals surface area contributed by atoms with Gasteiger partial charge in [0.15, 0.2) is 5.13 Å². The fraction of sp³-hybridized carbons (Fsp3) is 0.688. The van der Waals surface area contributed by atoms with Crippen molar-refractivity contribution < 1.29 is 14.3 Å². The third-order valence-electron chi connectivity index (χ3n) is 3.79. The number of carbonyl (C=O) groups is 2. The van der Waals surface area contributed by atoms with Crippen molar-refractivity contribution in [1.82, 2.24) is 20.1 Å². The van der Waals surface area contributed by atoms with Crippen molar-refractivity contribution in [3.05, 3.63) is 11.1 Å². The summed E-state index contributed by atoms with van der Waals surface area (Å²) in [5.41, 5.74) is 0.485. The first-order chi connectivity index (χ1) is 12.0. The largest absolute Gasteiger partial charge is 0.383 e. The molecule has 140 valence electrons. The Morgan fingerprint density at radius 2 is 2.04 bits per heavy atom. The monoisotopic (exact) mass is 369 g/mol. The third kappa shape index (κ3) is 6.26. The number of aromatic nitrogens is 1. The van der Waals surface area contributed by atoms with E-state index in [9.17, 15) is 9.59 Å². The summed E-state index contributed by atoms with van der Waals surface area (Å²) in [5.74, 6) is -0.0574. The molecular weight excluding hydrogens is 342 g/mol. The van der Waals surface area contributed by atoms with Gasteiger partial charge in [0.1, 0.15) is 5.69 Å². The average Bonchev–Trinajstić information content (AvgIpc) is 3.03. The Labute approximate surface area is 152 Å². The van der Waals surface area contributed by atoms with E-state index in [0.717, 1.165) is 5.13 Å². The number of rotatable bonds is 8. The van der Waals surface area contributed by atoms with Gasteiger partial charge in [0.2, 0.25) is 5.91 Å². The highest BCUT2D eigenvalue weighted by Gasteiger charge is 2.24. The second-order valence-electron chi connectivity index (χ2n) is 6.25. The maximum Gasteiger partial charge on any atom is 0.273 e. The van der Waals surface area contributed by atoms with Crippen molar-refractivity contribution in [3.8, 4) is 0 Å². The summed E-state index contributed by atoms with van der Waals surface area (Å²) in [5, 5.41) is 8.58. The number of ether oxygens (including phenoxy) is 1. The van der Waals surface area contributed by atoms with Crippen LogP contribution < -0.4 is 10.6 Å². The predicted molar refractivity (Wildman–Crippen MR) is 98.1 cm³/mol. The molecule has 0 bridgehead atoms. The first-order valence-electron chi connectivity index (χ1n) is 8.49. The fourth-order valence-electron chi connectivity index (χ4n) is 2.51. The minimum absolute atomic E-state index is 0.0132. The van der Waals surface area contributed by atoms with E-state index in [4.69, 9.17) is 4.74 Å². The Bertz CT molecular complexity index is 570. The molecule has 2 N–H and O–H groups in total. The molecule has 1 fully saturated rings. The normalized spacial score (nSPS) is 15.4. The molecule has 9 heteroatoms. The highest BCUT2D eigenvalue weighted by Crippen LogP contribution is 2.18. The number of carbonyl (C=O) groups excluding carboxylic acids is 2. The van der Waals surface area contributed by atoms with Gasteiger partial charge < -0.3 is 20.3 Å². The fourth-order valence-corrected chi connectivity index (χ4v) is 3.34. The molecule has 25 heavy (non-hydrogen) atoms. The maximum absolute atomic E-state index is 12.5. The zero-order chi connectivity index (χ0) is 18.2. The zero-order valence-electron chi connectivity index (χ0n) is 15.1. The number of nitrogens with zero attached hydrogens (tertiary/aromatic N) is 3. The molecule has 2 rings (SSSR count). The predicted octanol–water partition coefficient (Wildman–Crippen LogP) is 0.484. The second kappa shape index (κ2) is 9.69. The number of piperazine rings is 1. The van der Waals surface area contributed by atoms with Crippen molar-refractivity contribution in [1.29, 1.82) is 0 Å². The van der Waals surface area contributed by atoms with E-state index in [-0.39, 0.29) is 17.9 Å². The molecule has 1 aromatic rings. The second-order valence-corrected chi connectivity index (χ2v) is 7.11. The van der Waals surface area contributed by atoms with Gasteiger partial charge in [-0.2, -0.15) is 0 Å². The van der Waals surface area contributed by atoms with E-state index in [1.807, 2.05) is 13.8 Å². The third-order valence-corrected chi connectivity index (χ3v) is 4.56. The van der Waals surface area contributed by atoms with Crippen LogP contribution in [-0.4, -0.2) is 85.6 Å². The van der Waals surface area contributed by atoms with Gasteiger partial charge in [0.05, 0.1) is 13.2 Å².